The molecule has 0 aliphatic rings. The Morgan fingerprint density at radius 2 is 1.65 bits per heavy atom. The molecule has 4 N–H and O–H groups in total. The van der Waals surface area contributed by atoms with Crippen LogP contribution in [0.5, 0.6) is 0 Å². The molecule has 0 bridgehead atoms. The zero-order valence-electron chi connectivity index (χ0n) is 10.5. The highest BCUT2D eigenvalue weighted by Gasteiger charge is 1.83. The Labute approximate surface area is 102 Å². The first kappa shape index (κ1) is 21.3. The first-order valence-corrected chi connectivity index (χ1v) is 5.21. The summed E-state index contributed by atoms with van der Waals surface area (Å²) in [6.45, 7) is 4.94. The third-order valence-electron chi connectivity index (χ3n) is 1.20. The number of hydrogen-bond donors (Lipinski definition) is 4. The lowest BCUT2D eigenvalue weighted by atomic mass is 10.3. The van der Waals surface area contributed by atoms with Crippen molar-refractivity contribution < 1.29 is 30.0 Å². The van der Waals surface area contributed by atoms with E-state index in [4.69, 9.17) is 20.4 Å². The van der Waals surface area contributed by atoms with Gasteiger partial charge in [-0.1, -0.05) is 6.58 Å². The number of esters is 1. The fraction of sp³-hybridized carbons (Fsp3) is 0.727. The molecule has 0 rings (SSSR count). The van der Waals surface area contributed by atoms with Crippen LogP contribution in [0.15, 0.2) is 12.7 Å². The number of carbonyl (C=O) groups is 1. The molecule has 1 unspecified atom stereocenters. The van der Waals surface area contributed by atoms with Crippen LogP contribution in [0.4, 0.5) is 0 Å². The van der Waals surface area contributed by atoms with Gasteiger partial charge in [-0.15, -0.1) is 0 Å². The van der Waals surface area contributed by atoms with Crippen molar-refractivity contribution in [3.05, 3.63) is 12.7 Å². The second-order valence-corrected chi connectivity index (χ2v) is 2.91. The van der Waals surface area contributed by atoms with Gasteiger partial charge in [0.15, 0.2) is 0 Å². The Hall–Kier alpha value is -0.950. The monoisotopic (exact) mass is 252 g/mol. The van der Waals surface area contributed by atoms with Crippen LogP contribution >= 0.6 is 0 Å². The molecule has 0 amide bonds. The van der Waals surface area contributed by atoms with Crippen molar-refractivity contribution in [2.45, 2.75) is 25.9 Å². The van der Waals surface area contributed by atoms with Gasteiger partial charge in [0.1, 0.15) is 0 Å². The molecule has 0 aliphatic carbocycles. The third kappa shape index (κ3) is 39.6. The molecule has 1 atom stereocenters. The first-order chi connectivity index (χ1) is 7.99. The smallest absolute Gasteiger partial charge is 0.329 e. The van der Waals surface area contributed by atoms with Gasteiger partial charge in [0.05, 0.1) is 19.8 Å². The van der Waals surface area contributed by atoms with Crippen LogP contribution in [0.25, 0.3) is 0 Å². The minimum absolute atomic E-state index is 0.139. The summed E-state index contributed by atoms with van der Waals surface area (Å²) in [5.74, 6) is -0.394. The van der Waals surface area contributed by atoms with Crippen molar-refractivity contribution in [1.29, 1.82) is 0 Å². The molecule has 0 radical (unpaired) electrons. The van der Waals surface area contributed by atoms with Crippen molar-refractivity contribution >= 4 is 5.97 Å². The average molecular weight is 252 g/mol. The van der Waals surface area contributed by atoms with E-state index >= 15 is 0 Å². The molecule has 0 saturated heterocycles. The summed E-state index contributed by atoms with van der Waals surface area (Å²) in [5.41, 5.74) is 0. The first-order valence-electron chi connectivity index (χ1n) is 5.21. The lowest BCUT2D eigenvalue weighted by molar-refractivity contribution is -0.134. The molecule has 6 nitrogen and oxygen atoms in total. The van der Waals surface area contributed by atoms with E-state index in [0.29, 0.717) is 0 Å². The largest absolute Gasteiger partial charge is 0.466 e. The predicted molar refractivity (Wildman–Crippen MR) is 64.4 cm³/mol. The number of ether oxygens (including phenoxy) is 1. The van der Waals surface area contributed by atoms with Gasteiger partial charge in [0.2, 0.25) is 0 Å². The van der Waals surface area contributed by atoms with Crippen molar-refractivity contribution in [1.82, 2.24) is 0 Å². The summed E-state index contributed by atoms with van der Waals surface area (Å²) < 4.78 is 4.14. The predicted octanol–water partition coefficient (Wildman–Crippen LogP) is -0.544. The zero-order chi connectivity index (χ0) is 14.1. The highest BCUT2D eigenvalue weighted by atomic mass is 16.5. The summed E-state index contributed by atoms with van der Waals surface area (Å²) >= 11 is 0. The lowest BCUT2D eigenvalue weighted by Crippen LogP contribution is -2.03. The molecule has 0 saturated carbocycles. The molecule has 0 aromatic heterocycles. The minimum atomic E-state index is -0.560. The summed E-state index contributed by atoms with van der Waals surface area (Å²) in [6, 6.07) is 0. The molecule has 0 spiro atoms. The molecule has 104 valence electrons. The normalized spacial score (nSPS) is 10.0. The molecular formula is C11H24O6. The topological polar surface area (TPSA) is 107 Å². The number of aliphatic hydroxyl groups is 4. The van der Waals surface area contributed by atoms with E-state index in [9.17, 15) is 4.79 Å². The molecule has 0 heterocycles. The van der Waals surface area contributed by atoms with Crippen LogP contribution in [0, 0.1) is 0 Å². The Morgan fingerprint density at radius 3 is 1.71 bits per heavy atom. The summed E-state index contributed by atoms with van der Waals surface area (Å²) in [6.07, 6.45) is 1.99. The number of aliphatic hydroxyl groups excluding tert-OH is 4. The molecule has 0 fully saturated rings. The standard InChI is InChI=1S/C4H6O2.C4H10O2.C3H8O2/c1-3-4(5)6-2;5-3-1-2-4-6;1-3(5)2-4/h3H,1H2,2H3;5-6H,1-4H2;3-5H,2H2,1H3. The quantitative estimate of drug-likeness (QED) is 0.297. The number of carbonyl (C=O) groups excluding carboxylic acids is 1. The maximum atomic E-state index is 9.84. The molecule has 0 aliphatic heterocycles. The maximum Gasteiger partial charge on any atom is 0.329 e. The van der Waals surface area contributed by atoms with Crippen molar-refractivity contribution in [2.24, 2.45) is 0 Å². The fourth-order valence-electron chi connectivity index (χ4n) is 0.307. The minimum Gasteiger partial charge on any atom is -0.466 e. The fourth-order valence-corrected chi connectivity index (χ4v) is 0.307. The zero-order valence-corrected chi connectivity index (χ0v) is 10.5. The Morgan fingerprint density at radius 1 is 1.29 bits per heavy atom. The Bertz CT molecular complexity index is 154. The summed E-state index contributed by atoms with van der Waals surface area (Å²) in [5, 5.41) is 32.2. The van der Waals surface area contributed by atoms with E-state index in [1.807, 2.05) is 0 Å². The second-order valence-electron chi connectivity index (χ2n) is 2.91. The molecular weight excluding hydrogens is 228 g/mol. The summed E-state index contributed by atoms with van der Waals surface area (Å²) in [7, 11) is 1.31. The van der Waals surface area contributed by atoms with Crippen LogP contribution in [-0.2, 0) is 9.53 Å². The summed E-state index contributed by atoms with van der Waals surface area (Å²) in [4.78, 5) is 9.84. The number of unbranched alkanes of at least 4 members (excludes halogenated alkanes) is 1. The van der Waals surface area contributed by atoms with Gasteiger partial charge < -0.3 is 25.2 Å². The van der Waals surface area contributed by atoms with Gasteiger partial charge in [-0.05, 0) is 19.8 Å². The van der Waals surface area contributed by atoms with Crippen LogP contribution in [0.2, 0.25) is 0 Å². The lowest BCUT2D eigenvalue weighted by Gasteiger charge is -1.90. The van der Waals surface area contributed by atoms with Gasteiger partial charge in [0, 0.05) is 19.3 Å². The van der Waals surface area contributed by atoms with Gasteiger partial charge in [0.25, 0.3) is 0 Å². The molecule has 6 heteroatoms. The van der Waals surface area contributed by atoms with Gasteiger partial charge in [-0.3, -0.25) is 0 Å². The SMILES string of the molecule is C=CC(=O)OC.CC(O)CO.OCCCCO. The van der Waals surface area contributed by atoms with Crippen LogP contribution in [0.1, 0.15) is 19.8 Å². The third-order valence-corrected chi connectivity index (χ3v) is 1.20. The Kier molecular flexibility index (Phi) is 25.7. The van der Waals surface area contributed by atoms with E-state index in [0.717, 1.165) is 18.9 Å². The maximum absolute atomic E-state index is 9.84. The van der Waals surface area contributed by atoms with Crippen molar-refractivity contribution in [3.63, 3.8) is 0 Å². The average Bonchev–Trinajstić information content (AvgIpc) is 2.36. The van der Waals surface area contributed by atoms with E-state index in [1.54, 1.807) is 0 Å². The number of methoxy groups -OCH3 is 1. The highest BCUT2D eigenvalue weighted by molar-refractivity contribution is 5.80. The van der Waals surface area contributed by atoms with E-state index in [2.05, 4.69) is 11.3 Å². The molecule has 17 heavy (non-hydrogen) atoms. The van der Waals surface area contributed by atoms with Gasteiger partial charge in [-0.2, -0.15) is 0 Å². The number of rotatable bonds is 5. The van der Waals surface area contributed by atoms with Crippen molar-refractivity contribution in [2.75, 3.05) is 26.9 Å². The van der Waals surface area contributed by atoms with E-state index in [-0.39, 0.29) is 19.8 Å². The molecule has 0 aromatic carbocycles. The van der Waals surface area contributed by atoms with Gasteiger partial charge >= 0.3 is 5.97 Å². The highest BCUT2D eigenvalue weighted by Crippen LogP contribution is 1.80. The van der Waals surface area contributed by atoms with Crippen molar-refractivity contribution in [3.8, 4) is 0 Å². The van der Waals surface area contributed by atoms with Crippen LogP contribution < -0.4 is 0 Å². The molecule has 0 aromatic rings. The number of hydrogen-bond acceptors (Lipinski definition) is 6. The van der Waals surface area contributed by atoms with E-state index < -0.39 is 12.1 Å². The van der Waals surface area contributed by atoms with Crippen LogP contribution in [-0.4, -0.2) is 59.4 Å². The van der Waals surface area contributed by atoms with E-state index in [1.165, 1.54) is 14.0 Å². The van der Waals surface area contributed by atoms with Gasteiger partial charge in [-0.25, -0.2) is 4.79 Å². The second kappa shape index (κ2) is 20.5. The Balaban J connectivity index is -0.000000174. The van der Waals surface area contributed by atoms with Crippen LogP contribution in [0.3, 0.4) is 0 Å².